The molecule has 3 nitrogen and oxygen atoms in total. The summed E-state index contributed by atoms with van der Waals surface area (Å²) in [7, 11) is 1.97. The first-order valence-electron chi connectivity index (χ1n) is 6.21. The van der Waals surface area contributed by atoms with Crippen LogP contribution in [-0.2, 0) is 13.6 Å². The van der Waals surface area contributed by atoms with Gasteiger partial charge in [-0.25, -0.2) is 0 Å². The normalized spacial score (nSPS) is 13.4. The van der Waals surface area contributed by atoms with Gasteiger partial charge in [0.25, 0.3) is 0 Å². The van der Waals surface area contributed by atoms with Crippen LogP contribution in [0.25, 0.3) is 0 Å². The van der Waals surface area contributed by atoms with Crippen molar-refractivity contribution in [2.75, 3.05) is 0 Å². The molecule has 0 aliphatic rings. The van der Waals surface area contributed by atoms with Crippen LogP contribution in [0.5, 0.6) is 0 Å². The van der Waals surface area contributed by atoms with Crippen molar-refractivity contribution >= 4 is 0 Å². The molecule has 1 aromatic heterocycles. The van der Waals surface area contributed by atoms with Crippen molar-refractivity contribution in [2.45, 2.75) is 53.1 Å². The number of aryl methyl sites for hydroxylation is 2. The minimum atomic E-state index is 0.585. The number of nitrogens with one attached hydrogen (secondary N) is 1. The first kappa shape index (κ1) is 13.2. The van der Waals surface area contributed by atoms with Crippen LogP contribution in [0.3, 0.4) is 0 Å². The van der Waals surface area contributed by atoms with E-state index in [-0.39, 0.29) is 0 Å². The van der Waals surface area contributed by atoms with E-state index in [1.807, 2.05) is 11.7 Å². The first-order chi connectivity index (χ1) is 7.49. The second-order valence-corrected chi connectivity index (χ2v) is 5.17. The minimum absolute atomic E-state index is 0.585. The molecule has 0 spiro atoms. The molecule has 0 saturated carbocycles. The standard InChI is InChI=1S/C13H25N3/c1-10(2)6-7-11(3)14-8-13-9-16(5)15-12(13)4/h9-11,14H,6-8H2,1-5H3. The highest BCUT2D eigenvalue weighted by molar-refractivity contribution is 5.14. The summed E-state index contributed by atoms with van der Waals surface area (Å²) in [6.45, 7) is 9.80. The van der Waals surface area contributed by atoms with Gasteiger partial charge in [-0.1, -0.05) is 13.8 Å². The Morgan fingerprint density at radius 2 is 2.00 bits per heavy atom. The molecule has 0 saturated heterocycles. The lowest BCUT2D eigenvalue weighted by molar-refractivity contribution is 0.450. The number of rotatable bonds is 6. The van der Waals surface area contributed by atoms with Crippen molar-refractivity contribution in [1.29, 1.82) is 0 Å². The molecular weight excluding hydrogens is 198 g/mol. The van der Waals surface area contributed by atoms with Crippen LogP contribution >= 0.6 is 0 Å². The maximum Gasteiger partial charge on any atom is 0.0638 e. The summed E-state index contributed by atoms with van der Waals surface area (Å²) < 4.78 is 1.88. The highest BCUT2D eigenvalue weighted by atomic mass is 15.2. The topological polar surface area (TPSA) is 29.9 Å². The Morgan fingerprint density at radius 1 is 1.31 bits per heavy atom. The summed E-state index contributed by atoms with van der Waals surface area (Å²) in [6.07, 6.45) is 4.63. The van der Waals surface area contributed by atoms with Crippen molar-refractivity contribution in [3.8, 4) is 0 Å². The smallest absolute Gasteiger partial charge is 0.0638 e. The molecule has 1 rings (SSSR count). The molecule has 0 amide bonds. The second kappa shape index (κ2) is 6.04. The van der Waals surface area contributed by atoms with Gasteiger partial charge in [0.1, 0.15) is 0 Å². The fraction of sp³-hybridized carbons (Fsp3) is 0.769. The molecule has 1 aromatic rings. The highest BCUT2D eigenvalue weighted by Crippen LogP contribution is 2.08. The van der Waals surface area contributed by atoms with Crippen LogP contribution in [0, 0.1) is 12.8 Å². The molecule has 0 aromatic carbocycles. The Balaban J connectivity index is 2.31. The zero-order chi connectivity index (χ0) is 12.1. The Kier molecular flexibility index (Phi) is 5.00. The molecule has 1 N–H and O–H groups in total. The average Bonchev–Trinajstić information content (AvgIpc) is 2.51. The third kappa shape index (κ3) is 4.35. The van der Waals surface area contributed by atoms with E-state index in [0.29, 0.717) is 6.04 Å². The van der Waals surface area contributed by atoms with Gasteiger partial charge in [0.05, 0.1) is 5.69 Å². The van der Waals surface area contributed by atoms with Gasteiger partial charge in [-0.05, 0) is 32.6 Å². The van der Waals surface area contributed by atoms with Gasteiger partial charge >= 0.3 is 0 Å². The van der Waals surface area contributed by atoms with Crippen LogP contribution in [0.2, 0.25) is 0 Å². The van der Waals surface area contributed by atoms with Gasteiger partial charge in [0, 0.05) is 31.4 Å². The quantitative estimate of drug-likeness (QED) is 0.803. The van der Waals surface area contributed by atoms with Crippen molar-refractivity contribution in [3.05, 3.63) is 17.5 Å². The number of hydrogen-bond acceptors (Lipinski definition) is 2. The summed E-state index contributed by atoms with van der Waals surface area (Å²) in [5.74, 6) is 0.796. The van der Waals surface area contributed by atoms with Crippen LogP contribution in [0.1, 0.15) is 44.9 Å². The maximum absolute atomic E-state index is 4.34. The van der Waals surface area contributed by atoms with E-state index in [1.165, 1.54) is 18.4 Å². The van der Waals surface area contributed by atoms with E-state index in [4.69, 9.17) is 0 Å². The van der Waals surface area contributed by atoms with Crippen molar-refractivity contribution < 1.29 is 0 Å². The molecule has 0 aliphatic heterocycles. The largest absolute Gasteiger partial charge is 0.310 e. The molecule has 3 heteroatoms. The van der Waals surface area contributed by atoms with E-state index in [9.17, 15) is 0 Å². The minimum Gasteiger partial charge on any atom is -0.310 e. The molecule has 92 valence electrons. The van der Waals surface area contributed by atoms with E-state index in [2.05, 4.69) is 44.3 Å². The van der Waals surface area contributed by atoms with Crippen molar-refractivity contribution in [3.63, 3.8) is 0 Å². The molecular formula is C13H25N3. The van der Waals surface area contributed by atoms with Gasteiger partial charge in [0.15, 0.2) is 0 Å². The van der Waals surface area contributed by atoms with Gasteiger partial charge in [-0.15, -0.1) is 0 Å². The van der Waals surface area contributed by atoms with E-state index < -0.39 is 0 Å². The highest BCUT2D eigenvalue weighted by Gasteiger charge is 2.06. The molecule has 0 bridgehead atoms. The number of hydrogen-bond donors (Lipinski definition) is 1. The number of nitrogens with zero attached hydrogens (tertiary/aromatic N) is 2. The molecule has 1 heterocycles. The van der Waals surface area contributed by atoms with Gasteiger partial charge < -0.3 is 5.32 Å². The van der Waals surface area contributed by atoms with E-state index >= 15 is 0 Å². The molecule has 1 unspecified atom stereocenters. The maximum atomic E-state index is 4.34. The summed E-state index contributed by atoms with van der Waals surface area (Å²) >= 11 is 0. The third-order valence-corrected chi connectivity index (χ3v) is 2.93. The summed E-state index contributed by atoms with van der Waals surface area (Å²) in [4.78, 5) is 0. The second-order valence-electron chi connectivity index (χ2n) is 5.17. The number of aromatic nitrogens is 2. The van der Waals surface area contributed by atoms with E-state index in [0.717, 1.165) is 18.2 Å². The predicted molar refractivity (Wildman–Crippen MR) is 68.3 cm³/mol. The molecule has 0 fully saturated rings. The zero-order valence-corrected chi connectivity index (χ0v) is 11.2. The summed E-state index contributed by atoms with van der Waals surface area (Å²) in [5, 5.41) is 7.89. The van der Waals surface area contributed by atoms with Gasteiger partial charge in [0.2, 0.25) is 0 Å². The Labute approximate surface area is 99.2 Å². The lowest BCUT2D eigenvalue weighted by Crippen LogP contribution is -2.25. The Hall–Kier alpha value is -0.830. The van der Waals surface area contributed by atoms with Crippen LogP contribution in [0.15, 0.2) is 6.20 Å². The SMILES string of the molecule is Cc1nn(C)cc1CNC(C)CCC(C)C. The zero-order valence-electron chi connectivity index (χ0n) is 11.2. The summed E-state index contributed by atoms with van der Waals surface area (Å²) in [6, 6.07) is 0.585. The molecule has 1 atom stereocenters. The van der Waals surface area contributed by atoms with E-state index in [1.54, 1.807) is 0 Å². The van der Waals surface area contributed by atoms with Crippen LogP contribution < -0.4 is 5.32 Å². The fourth-order valence-corrected chi connectivity index (χ4v) is 1.79. The van der Waals surface area contributed by atoms with Crippen molar-refractivity contribution in [2.24, 2.45) is 13.0 Å². The molecule has 0 aliphatic carbocycles. The lowest BCUT2D eigenvalue weighted by Gasteiger charge is -2.14. The lowest BCUT2D eigenvalue weighted by atomic mass is 10.0. The summed E-state index contributed by atoms with van der Waals surface area (Å²) in [5.41, 5.74) is 2.44. The van der Waals surface area contributed by atoms with Crippen LogP contribution in [0.4, 0.5) is 0 Å². The predicted octanol–water partition coefficient (Wildman–Crippen LogP) is 2.64. The molecule has 0 radical (unpaired) electrons. The first-order valence-corrected chi connectivity index (χ1v) is 6.21. The average molecular weight is 223 g/mol. The Morgan fingerprint density at radius 3 is 2.50 bits per heavy atom. The Bertz CT molecular complexity index is 315. The van der Waals surface area contributed by atoms with Gasteiger partial charge in [-0.2, -0.15) is 5.10 Å². The fourth-order valence-electron chi connectivity index (χ4n) is 1.79. The molecule has 16 heavy (non-hydrogen) atoms. The third-order valence-electron chi connectivity index (χ3n) is 2.93. The van der Waals surface area contributed by atoms with Crippen LogP contribution in [-0.4, -0.2) is 15.8 Å². The van der Waals surface area contributed by atoms with Gasteiger partial charge in [-0.3, -0.25) is 4.68 Å². The van der Waals surface area contributed by atoms with Crippen molar-refractivity contribution in [1.82, 2.24) is 15.1 Å². The monoisotopic (exact) mass is 223 g/mol.